The molecule has 4 bridgehead atoms. The van der Waals surface area contributed by atoms with Gasteiger partial charge in [0.05, 0.1) is 5.60 Å². The maximum atomic E-state index is 12.1. The lowest BCUT2D eigenvalue weighted by atomic mass is 9.46. The van der Waals surface area contributed by atoms with Gasteiger partial charge in [0, 0.05) is 19.1 Å². The van der Waals surface area contributed by atoms with Gasteiger partial charge in [0.1, 0.15) is 5.60 Å². The third-order valence-corrected chi connectivity index (χ3v) is 5.52. The molecule has 4 aliphatic carbocycles. The highest BCUT2D eigenvalue weighted by Gasteiger charge is 2.64. The van der Waals surface area contributed by atoms with Crippen LogP contribution < -0.4 is 0 Å². The largest absolute Gasteiger partial charge is 0.456 e. The molecule has 0 amide bonds. The van der Waals surface area contributed by atoms with Gasteiger partial charge in [-0.15, -0.1) is 0 Å². The van der Waals surface area contributed by atoms with Crippen LogP contribution in [0.4, 0.5) is 0 Å². The van der Waals surface area contributed by atoms with Crippen molar-refractivity contribution in [3.05, 3.63) is 12.7 Å². The molecule has 4 saturated carbocycles. The van der Waals surface area contributed by atoms with E-state index in [1.54, 1.807) is 0 Å². The molecular formula is C18H26O5. The predicted molar refractivity (Wildman–Crippen MR) is 83.6 cm³/mol. The van der Waals surface area contributed by atoms with Crippen LogP contribution in [0, 0.1) is 11.3 Å². The fourth-order valence-corrected chi connectivity index (χ4v) is 5.77. The Morgan fingerprint density at radius 2 is 1.87 bits per heavy atom. The van der Waals surface area contributed by atoms with E-state index >= 15 is 0 Å². The molecule has 5 nitrogen and oxygen atoms in total. The standard InChI is InChI=1S/C18H26O5/c1-4-14(19)21-9-15(20)23-18-8-13-6-16(3,11-18)10-17(7-13,12-18)22-5-2/h4,13H,1,5-12H2,2-3H3. The normalized spacial score (nSPS) is 40.7. The Bertz CT molecular complexity index is 530. The van der Waals surface area contributed by atoms with Crippen molar-refractivity contribution in [3.8, 4) is 0 Å². The maximum Gasteiger partial charge on any atom is 0.344 e. The fourth-order valence-electron chi connectivity index (χ4n) is 5.77. The van der Waals surface area contributed by atoms with Crippen molar-refractivity contribution in [1.29, 1.82) is 0 Å². The zero-order valence-electron chi connectivity index (χ0n) is 14.1. The van der Waals surface area contributed by atoms with E-state index in [2.05, 4.69) is 13.5 Å². The van der Waals surface area contributed by atoms with Gasteiger partial charge in [-0.05, 0) is 50.4 Å². The SMILES string of the molecule is C=CC(=O)OCC(=O)OC12CC3CC(C)(CC(OCC)(C3)C1)C2. The Hall–Kier alpha value is -1.36. The second-order valence-corrected chi connectivity index (χ2v) is 7.90. The molecule has 0 radical (unpaired) electrons. The van der Waals surface area contributed by atoms with Crippen LogP contribution in [0.25, 0.3) is 0 Å². The van der Waals surface area contributed by atoms with Crippen LogP contribution in [-0.2, 0) is 23.8 Å². The Morgan fingerprint density at radius 1 is 1.17 bits per heavy atom. The third kappa shape index (κ3) is 3.16. The Balaban J connectivity index is 1.72. The highest BCUT2D eigenvalue weighted by molar-refractivity contribution is 5.83. The number of hydrogen-bond acceptors (Lipinski definition) is 5. The molecule has 4 fully saturated rings. The number of ether oxygens (including phenoxy) is 3. The van der Waals surface area contributed by atoms with Crippen molar-refractivity contribution < 1.29 is 23.8 Å². The van der Waals surface area contributed by atoms with E-state index in [0.29, 0.717) is 12.5 Å². The van der Waals surface area contributed by atoms with Crippen molar-refractivity contribution >= 4 is 11.9 Å². The summed E-state index contributed by atoms with van der Waals surface area (Å²) < 4.78 is 16.8. The minimum absolute atomic E-state index is 0.152. The summed E-state index contributed by atoms with van der Waals surface area (Å²) in [4.78, 5) is 23.2. The Labute approximate surface area is 137 Å². The molecule has 0 spiro atoms. The summed E-state index contributed by atoms with van der Waals surface area (Å²) >= 11 is 0. The molecule has 4 atom stereocenters. The van der Waals surface area contributed by atoms with Crippen molar-refractivity contribution in [3.63, 3.8) is 0 Å². The first-order valence-corrected chi connectivity index (χ1v) is 8.47. The van der Waals surface area contributed by atoms with Crippen LogP contribution in [0.2, 0.25) is 0 Å². The van der Waals surface area contributed by atoms with E-state index in [9.17, 15) is 9.59 Å². The van der Waals surface area contributed by atoms with Crippen LogP contribution in [0.3, 0.4) is 0 Å². The van der Waals surface area contributed by atoms with Gasteiger partial charge < -0.3 is 14.2 Å². The zero-order chi connectivity index (χ0) is 16.7. The van der Waals surface area contributed by atoms with Crippen LogP contribution in [0.1, 0.15) is 52.4 Å². The van der Waals surface area contributed by atoms with Crippen LogP contribution in [-0.4, -0.2) is 36.4 Å². The summed E-state index contributed by atoms with van der Waals surface area (Å²) in [5.41, 5.74) is -0.436. The predicted octanol–water partition coefficient (Wildman–Crippen LogP) is 2.78. The number of esters is 2. The number of carbonyl (C=O) groups excluding carboxylic acids is 2. The summed E-state index contributed by atoms with van der Waals surface area (Å²) in [7, 11) is 0. The lowest BCUT2D eigenvalue weighted by Crippen LogP contribution is -2.64. The molecule has 0 aromatic rings. The molecule has 0 heterocycles. The smallest absolute Gasteiger partial charge is 0.344 e. The van der Waals surface area contributed by atoms with E-state index in [-0.39, 0.29) is 17.6 Å². The molecule has 0 saturated heterocycles. The molecule has 4 rings (SSSR count). The van der Waals surface area contributed by atoms with Crippen molar-refractivity contribution in [2.75, 3.05) is 13.2 Å². The highest BCUT2D eigenvalue weighted by Crippen LogP contribution is 2.65. The van der Waals surface area contributed by atoms with Gasteiger partial charge >= 0.3 is 11.9 Å². The summed E-state index contributed by atoms with van der Waals surface area (Å²) in [6, 6.07) is 0. The quantitative estimate of drug-likeness (QED) is 0.556. The minimum Gasteiger partial charge on any atom is -0.456 e. The van der Waals surface area contributed by atoms with Gasteiger partial charge in [-0.25, -0.2) is 9.59 Å². The first-order valence-electron chi connectivity index (χ1n) is 8.47. The summed E-state index contributed by atoms with van der Waals surface area (Å²) in [6.45, 7) is 7.95. The summed E-state index contributed by atoms with van der Waals surface area (Å²) in [5.74, 6) is -0.533. The second-order valence-electron chi connectivity index (χ2n) is 7.90. The monoisotopic (exact) mass is 322 g/mol. The van der Waals surface area contributed by atoms with Gasteiger partial charge in [0.15, 0.2) is 6.61 Å². The average molecular weight is 322 g/mol. The average Bonchev–Trinajstić information content (AvgIpc) is 2.41. The molecule has 0 N–H and O–H groups in total. The lowest BCUT2D eigenvalue weighted by Gasteiger charge is -2.64. The van der Waals surface area contributed by atoms with E-state index in [1.165, 1.54) is 6.42 Å². The van der Waals surface area contributed by atoms with Gasteiger partial charge in [-0.2, -0.15) is 0 Å². The molecule has 0 aromatic heterocycles. The number of carbonyl (C=O) groups is 2. The Kier molecular flexibility index (Phi) is 4.03. The molecule has 5 heteroatoms. The van der Waals surface area contributed by atoms with Gasteiger partial charge in [-0.1, -0.05) is 13.5 Å². The first-order chi connectivity index (χ1) is 10.8. The minimum atomic E-state index is -0.606. The van der Waals surface area contributed by atoms with Crippen LogP contribution in [0.15, 0.2) is 12.7 Å². The van der Waals surface area contributed by atoms with Gasteiger partial charge in [0.2, 0.25) is 0 Å². The van der Waals surface area contributed by atoms with E-state index < -0.39 is 17.5 Å². The second kappa shape index (κ2) is 5.62. The third-order valence-electron chi connectivity index (χ3n) is 5.52. The summed E-state index contributed by atoms with van der Waals surface area (Å²) in [5, 5.41) is 0. The van der Waals surface area contributed by atoms with Crippen molar-refractivity contribution in [2.24, 2.45) is 11.3 Å². The zero-order valence-corrected chi connectivity index (χ0v) is 14.1. The van der Waals surface area contributed by atoms with E-state index in [4.69, 9.17) is 14.2 Å². The number of hydrogen-bond donors (Lipinski definition) is 0. The Morgan fingerprint density at radius 3 is 2.52 bits per heavy atom. The topological polar surface area (TPSA) is 61.8 Å². The summed E-state index contributed by atoms with van der Waals surface area (Å²) in [6.07, 6.45) is 6.90. The first kappa shape index (κ1) is 16.5. The molecule has 0 aromatic carbocycles. The van der Waals surface area contributed by atoms with Crippen molar-refractivity contribution in [2.45, 2.75) is 63.6 Å². The van der Waals surface area contributed by atoms with Crippen molar-refractivity contribution in [1.82, 2.24) is 0 Å². The van der Waals surface area contributed by atoms with Crippen LogP contribution >= 0.6 is 0 Å². The molecule has 0 aliphatic heterocycles. The molecule has 4 aliphatic rings. The lowest BCUT2D eigenvalue weighted by molar-refractivity contribution is -0.253. The van der Waals surface area contributed by atoms with E-state index in [0.717, 1.165) is 38.2 Å². The van der Waals surface area contributed by atoms with Crippen LogP contribution in [0.5, 0.6) is 0 Å². The molecule has 23 heavy (non-hydrogen) atoms. The number of rotatable bonds is 6. The highest BCUT2D eigenvalue weighted by atomic mass is 16.6. The van der Waals surface area contributed by atoms with Gasteiger partial charge in [0.25, 0.3) is 0 Å². The maximum absolute atomic E-state index is 12.1. The molecule has 128 valence electrons. The fraction of sp³-hybridized carbons (Fsp3) is 0.778. The van der Waals surface area contributed by atoms with E-state index in [1.807, 2.05) is 6.92 Å². The van der Waals surface area contributed by atoms with Gasteiger partial charge in [-0.3, -0.25) is 0 Å². The molecular weight excluding hydrogens is 296 g/mol. The molecule has 4 unspecified atom stereocenters.